The summed E-state index contributed by atoms with van der Waals surface area (Å²) in [5.74, 6) is 0.378. The normalized spacial score (nSPS) is 12.8. The molecule has 1 aromatic carbocycles. The van der Waals surface area contributed by atoms with Crippen LogP contribution in [0.3, 0.4) is 0 Å². The van der Waals surface area contributed by atoms with E-state index in [1.807, 2.05) is 13.8 Å². The minimum atomic E-state index is -0.201. The zero-order chi connectivity index (χ0) is 18.5. The molecule has 0 aliphatic carbocycles. The number of rotatable bonds is 6. The van der Waals surface area contributed by atoms with Gasteiger partial charge in [0.05, 0.1) is 10.6 Å². The van der Waals surface area contributed by atoms with Crippen molar-refractivity contribution in [1.82, 2.24) is 5.32 Å². The van der Waals surface area contributed by atoms with Crippen LogP contribution in [-0.4, -0.2) is 18.4 Å². The number of hydrogen-bond donors (Lipinski definition) is 2. The molecule has 0 aliphatic heterocycles. The summed E-state index contributed by atoms with van der Waals surface area (Å²) >= 11 is 6.19. The molecule has 134 valence electrons. The fourth-order valence-corrected chi connectivity index (χ4v) is 2.23. The molecule has 1 unspecified atom stereocenters. The molecule has 0 aromatic heterocycles. The molecule has 0 radical (unpaired) electrons. The molecular weight excluding hydrogens is 324 g/mol. The van der Waals surface area contributed by atoms with Crippen LogP contribution in [0.25, 0.3) is 0 Å². The van der Waals surface area contributed by atoms with Gasteiger partial charge in [-0.3, -0.25) is 9.59 Å². The minimum Gasteiger partial charge on any atom is -0.352 e. The molecule has 2 amide bonds. The third kappa shape index (κ3) is 6.52. The maximum atomic E-state index is 12.1. The molecule has 0 saturated carbocycles. The molecule has 1 rings (SSSR count). The summed E-state index contributed by atoms with van der Waals surface area (Å²) < 4.78 is 0. The number of carbonyl (C=O) groups excluding carboxylic acids is 2. The predicted molar refractivity (Wildman–Crippen MR) is 100 cm³/mol. The second-order valence-corrected chi connectivity index (χ2v) is 8.23. The van der Waals surface area contributed by atoms with Crippen molar-refractivity contribution in [3.05, 3.63) is 28.8 Å². The molecule has 0 saturated heterocycles. The average Bonchev–Trinajstić information content (AvgIpc) is 2.43. The summed E-state index contributed by atoms with van der Waals surface area (Å²) in [6.07, 6.45) is 0.442. The van der Waals surface area contributed by atoms with E-state index in [-0.39, 0.29) is 23.1 Å². The van der Waals surface area contributed by atoms with Crippen LogP contribution in [-0.2, 0) is 4.79 Å². The maximum Gasteiger partial charge on any atom is 0.252 e. The molecule has 5 heteroatoms. The van der Waals surface area contributed by atoms with Crippen LogP contribution >= 0.6 is 11.6 Å². The van der Waals surface area contributed by atoms with Gasteiger partial charge >= 0.3 is 0 Å². The number of anilines is 1. The first-order chi connectivity index (χ1) is 11.0. The minimum absolute atomic E-state index is 0.0505. The lowest BCUT2D eigenvalue weighted by atomic mass is 9.80. The molecule has 0 heterocycles. The van der Waals surface area contributed by atoms with Gasteiger partial charge < -0.3 is 10.6 Å². The van der Waals surface area contributed by atoms with Gasteiger partial charge in [0.25, 0.3) is 5.91 Å². The smallest absolute Gasteiger partial charge is 0.252 e. The first-order valence-corrected chi connectivity index (χ1v) is 8.76. The van der Waals surface area contributed by atoms with Crippen LogP contribution in [0, 0.1) is 17.3 Å². The monoisotopic (exact) mass is 352 g/mol. The Balaban J connectivity index is 2.71. The van der Waals surface area contributed by atoms with Crippen LogP contribution in [0.5, 0.6) is 0 Å². The van der Waals surface area contributed by atoms with Crippen LogP contribution in [0.2, 0.25) is 5.02 Å². The Morgan fingerprint density at radius 1 is 1.17 bits per heavy atom. The van der Waals surface area contributed by atoms with Crippen molar-refractivity contribution < 1.29 is 9.59 Å². The van der Waals surface area contributed by atoms with E-state index in [4.69, 9.17) is 11.6 Å². The second kappa shape index (κ2) is 8.52. The van der Waals surface area contributed by atoms with Crippen LogP contribution in [0.15, 0.2) is 18.2 Å². The largest absolute Gasteiger partial charge is 0.352 e. The van der Waals surface area contributed by atoms with Crippen molar-refractivity contribution in [2.45, 2.75) is 48.0 Å². The van der Waals surface area contributed by atoms with Crippen molar-refractivity contribution in [1.29, 1.82) is 0 Å². The summed E-state index contributed by atoms with van der Waals surface area (Å²) in [7, 11) is 0. The Morgan fingerprint density at radius 3 is 2.29 bits per heavy atom. The Labute approximate surface area is 150 Å². The van der Waals surface area contributed by atoms with Gasteiger partial charge in [-0.15, -0.1) is 0 Å². The number of nitrogens with one attached hydrogen (secondary N) is 2. The molecule has 1 aromatic rings. The van der Waals surface area contributed by atoms with Gasteiger partial charge in [0, 0.05) is 18.7 Å². The molecule has 1 atom stereocenters. The zero-order valence-electron chi connectivity index (χ0n) is 15.5. The van der Waals surface area contributed by atoms with Gasteiger partial charge in [-0.2, -0.15) is 0 Å². The second-order valence-electron chi connectivity index (χ2n) is 7.82. The lowest BCUT2D eigenvalue weighted by Gasteiger charge is -2.26. The van der Waals surface area contributed by atoms with E-state index >= 15 is 0 Å². The van der Waals surface area contributed by atoms with Crippen LogP contribution < -0.4 is 10.6 Å². The molecule has 0 aliphatic rings. The third-order valence-electron chi connectivity index (χ3n) is 4.14. The van der Waals surface area contributed by atoms with Crippen molar-refractivity contribution in [2.75, 3.05) is 11.9 Å². The summed E-state index contributed by atoms with van der Waals surface area (Å²) in [6.45, 7) is 13.1. The standard InChI is InChI=1S/C19H29ClN2O2/c1-12(2)11-21-18(24)15-8-7-14(10-16(15)20)22-17(23)9-13(3)19(4,5)6/h7-8,10,12-13H,9,11H2,1-6H3,(H,21,24)(H,22,23). The van der Waals surface area contributed by atoms with Gasteiger partial charge in [0.1, 0.15) is 0 Å². The Morgan fingerprint density at radius 2 is 1.79 bits per heavy atom. The quantitative estimate of drug-likeness (QED) is 0.777. The number of amides is 2. The Kier molecular flexibility index (Phi) is 7.27. The summed E-state index contributed by atoms with van der Waals surface area (Å²) in [5.41, 5.74) is 1.10. The van der Waals surface area contributed by atoms with Gasteiger partial charge in [-0.05, 0) is 35.4 Å². The molecule has 24 heavy (non-hydrogen) atoms. The first kappa shape index (κ1) is 20.5. The molecular formula is C19H29ClN2O2. The molecule has 2 N–H and O–H groups in total. The van der Waals surface area contributed by atoms with Crippen molar-refractivity contribution in [3.63, 3.8) is 0 Å². The van der Waals surface area contributed by atoms with E-state index in [0.717, 1.165) is 0 Å². The van der Waals surface area contributed by atoms with Gasteiger partial charge in [0.2, 0.25) is 5.91 Å². The lowest BCUT2D eigenvalue weighted by Crippen LogP contribution is -2.27. The van der Waals surface area contributed by atoms with E-state index in [2.05, 4.69) is 38.3 Å². The molecule has 0 bridgehead atoms. The SMILES string of the molecule is CC(C)CNC(=O)c1ccc(NC(=O)CC(C)C(C)(C)C)cc1Cl. The highest BCUT2D eigenvalue weighted by Crippen LogP contribution is 2.28. The van der Waals surface area contributed by atoms with Gasteiger partial charge in [0.15, 0.2) is 0 Å². The number of halogens is 1. The Hall–Kier alpha value is -1.55. The number of carbonyl (C=O) groups is 2. The Bertz CT molecular complexity index is 592. The topological polar surface area (TPSA) is 58.2 Å². The van der Waals surface area contributed by atoms with Gasteiger partial charge in [-0.25, -0.2) is 0 Å². The van der Waals surface area contributed by atoms with E-state index in [1.54, 1.807) is 18.2 Å². The van der Waals surface area contributed by atoms with Crippen molar-refractivity contribution in [2.24, 2.45) is 17.3 Å². The number of hydrogen-bond acceptors (Lipinski definition) is 2. The molecule has 0 fully saturated rings. The molecule has 0 spiro atoms. The van der Waals surface area contributed by atoms with E-state index in [9.17, 15) is 9.59 Å². The first-order valence-electron chi connectivity index (χ1n) is 8.38. The van der Waals surface area contributed by atoms with Crippen LogP contribution in [0.1, 0.15) is 58.3 Å². The summed E-state index contributed by atoms with van der Waals surface area (Å²) in [6, 6.07) is 4.96. The third-order valence-corrected chi connectivity index (χ3v) is 4.45. The highest BCUT2D eigenvalue weighted by molar-refractivity contribution is 6.34. The fraction of sp³-hybridized carbons (Fsp3) is 0.579. The molecule has 4 nitrogen and oxygen atoms in total. The highest BCUT2D eigenvalue weighted by Gasteiger charge is 2.22. The van der Waals surface area contributed by atoms with Crippen molar-refractivity contribution in [3.8, 4) is 0 Å². The van der Waals surface area contributed by atoms with Crippen LogP contribution in [0.4, 0.5) is 5.69 Å². The summed E-state index contributed by atoms with van der Waals surface area (Å²) in [4.78, 5) is 24.2. The fourth-order valence-electron chi connectivity index (χ4n) is 1.97. The summed E-state index contributed by atoms with van der Waals surface area (Å²) in [5, 5.41) is 6.01. The average molecular weight is 353 g/mol. The predicted octanol–water partition coefficient (Wildman–Crippen LogP) is 4.74. The van der Waals surface area contributed by atoms with Crippen molar-refractivity contribution >= 4 is 29.1 Å². The van der Waals surface area contributed by atoms with E-state index < -0.39 is 0 Å². The highest BCUT2D eigenvalue weighted by atomic mass is 35.5. The number of benzene rings is 1. The van der Waals surface area contributed by atoms with Gasteiger partial charge in [-0.1, -0.05) is 53.1 Å². The lowest BCUT2D eigenvalue weighted by molar-refractivity contribution is -0.117. The maximum absolute atomic E-state index is 12.1. The zero-order valence-corrected chi connectivity index (χ0v) is 16.3. The van der Waals surface area contributed by atoms with E-state index in [1.165, 1.54) is 0 Å². The van der Waals surface area contributed by atoms with E-state index in [0.29, 0.717) is 35.2 Å².